The van der Waals surface area contributed by atoms with Crippen molar-refractivity contribution >= 4 is 0 Å². The fraction of sp³-hybridized carbons (Fsp3) is 0.647. The monoisotopic (exact) mass is 245 g/mol. The Bertz CT molecular complexity index is 401. The number of aryl methyl sites for hydroxylation is 2. The van der Waals surface area contributed by atoms with Crippen LogP contribution in [0.2, 0.25) is 0 Å². The highest BCUT2D eigenvalue weighted by molar-refractivity contribution is 5.45. The molecule has 0 radical (unpaired) electrons. The number of rotatable bonds is 3. The summed E-state index contributed by atoms with van der Waals surface area (Å²) in [5.74, 6) is 0.861. The normalized spacial score (nSPS) is 18.3. The van der Waals surface area contributed by atoms with Crippen molar-refractivity contribution in [2.75, 3.05) is 0 Å². The molecule has 1 nitrogen and oxygen atoms in total. The second-order valence-electron chi connectivity index (χ2n) is 6.17. The lowest BCUT2D eigenvalue weighted by molar-refractivity contribution is 0.449. The zero-order valence-electron chi connectivity index (χ0n) is 12.3. The van der Waals surface area contributed by atoms with Gasteiger partial charge in [-0.2, -0.15) is 0 Å². The average Bonchev–Trinajstić information content (AvgIpc) is 2.79. The molecule has 1 atom stereocenters. The first-order chi connectivity index (χ1) is 8.50. The van der Waals surface area contributed by atoms with Gasteiger partial charge in [0.05, 0.1) is 0 Å². The zero-order valence-corrected chi connectivity index (χ0v) is 12.3. The molecule has 1 aliphatic carbocycles. The summed E-state index contributed by atoms with van der Waals surface area (Å²) >= 11 is 0. The molecule has 0 aliphatic heterocycles. The lowest BCUT2D eigenvalue weighted by atomic mass is 9.86. The molecule has 1 unspecified atom stereocenters. The van der Waals surface area contributed by atoms with Crippen LogP contribution >= 0.6 is 0 Å². The zero-order chi connectivity index (χ0) is 13.3. The van der Waals surface area contributed by atoms with Gasteiger partial charge in [0.2, 0.25) is 0 Å². The molecule has 1 aromatic carbocycles. The number of nitrogens with two attached hydrogens (primary N) is 1. The molecular formula is C17H27N. The Morgan fingerprint density at radius 3 is 2.06 bits per heavy atom. The van der Waals surface area contributed by atoms with Crippen molar-refractivity contribution in [1.29, 1.82) is 0 Å². The quantitative estimate of drug-likeness (QED) is 0.833. The van der Waals surface area contributed by atoms with Crippen molar-refractivity contribution in [1.82, 2.24) is 0 Å². The van der Waals surface area contributed by atoms with Crippen LogP contribution in [0, 0.1) is 33.6 Å². The fourth-order valence-corrected chi connectivity index (χ4v) is 3.53. The van der Waals surface area contributed by atoms with Gasteiger partial charge in [-0.1, -0.05) is 31.7 Å². The molecule has 1 fully saturated rings. The minimum absolute atomic E-state index is 0.228. The highest BCUT2D eigenvalue weighted by Gasteiger charge is 2.21. The van der Waals surface area contributed by atoms with Crippen LogP contribution in [-0.2, 0) is 0 Å². The smallest absolute Gasteiger partial charge is 0.0302 e. The van der Waals surface area contributed by atoms with E-state index in [-0.39, 0.29) is 6.04 Å². The molecule has 0 bridgehead atoms. The maximum atomic E-state index is 6.51. The average molecular weight is 245 g/mol. The molecular weight excluding hydrogens is 218 g/mol. The summed E-state index contributed by atoms with van der Waals surface area (Å²) in [4.78, 5) is 0. The Morgan fingerprint density at radius 1 is 1.06 bits per heavy atom. The lowest BCUT2D eigenvalue weighted by Gasteiger charge is -2.23. The van der Waals surface area contributed by atoms with Gasteiger partial charge in [0, 0.05) is 6.04 Å². The molecule has 1 aromatic rings. The summed E-state index contributed by atoms with van der Waals surface area (Å²) in [6.07, 6.45) is 6.75. The van der Waals surface area contributed by atoms with Crippen molar-refractivity contribution in [2.24, 2.45) is 11.7 Å². The van der Waals surface area contributed by atoms with E-state index in [0.717, 1.165) is 5.92 Å². The van der Waals surface area contributed by atoms with Crippen LogP contribution in [-0.4, -0.2) is 0 Å². The first kappa shape index (κ1) is 13.6. The minimum atomic E-state index is 0.228. The lowest BCUT2D eigenvalue weighted by Crippen LogP contribution is -2.17. The molecule has 1 saturated carbocycles. The van der Waals surface area contributed by atoms with Gasteiger partial charge in [-0.05, 0) is 67.9 Å². The minimum Gasteiger partial charge on any atom is -0.324 e. The fourth-order valence-electron chi connectivity index (χ4n) is 3.53. The Kier molecular flexibility index (Phi) is 4.11. The third-order valence-electron chi connectivity index (χ3n) is 4.86. The van der Waals surface area contributed by atoms with Gasteiger partial charge in [0.25, 0.3) is 0 Å². The van der Waals surface area contributed by atoms with Crippen molar-refractivity contribution < 1.29 is 0 Å². The number of hydrogen-bond acceptors (Lipinski definition) is 1. The third kappa shape index (κ3) is 2.61. The van der Waals surface area contributed by atoms with Crippen LogP contribution in [0.1, 0.15) is 66.0 Å². The summed E-state index contributed by atoms with van der Waals surface area (Å²) in [6.45, 7) is 8.86. The first-order valence-corrected chi connectivity index (χ1v) is 7.33. The highest BCUT2D eigenvalue weighted by atomic mass is 14.6. The molecule has 1 aliphatic rings. The van der Waals surface area contributed by atoms with E-state index in [4.69, 9.17) is 5.73 Å². The Balaban J connectivity index is 2.25. The third-order valence-corrected chi connectivity index (χ3v) is 4.86. The van der Waals surface area contributed by atoms with Crippen LogP contribution in [0.3, 0.4) is 0 Å². The molecule has 0 aromatic heterocycles. The van der Waals surface area contributed by atoms with Crippen molar-refractivity contribution in [3.8, 4) is 0 Å². The van der Waals surface area contributed by atoms with Crippen LogP contribution in [0.15, 0.2) is 6.07 Å². The SMILES string of the molecule is Cc1cc(C)c(C)c(C(N)CC2CCCC2)c1C. The molecule has 2 rings (SSSR count). The van der Waals surface area contributed by atoms with E-state index in [2.05, 4.69) is 33.8 Å². The Hall–Kier alpha value is -0.820. The molecule has 1 heteroatoms. The van der Waals surface area contributed by atoms with Gasteiger partial charge in [-0.25, -0.2) is 0 Å². The molecule has 2 N–H and O–H groups in total. The number of benzene rings is 1. The van der Waals surface area contributed by atoms with Crippen LogP contribution < -0.4 is 5.73 Å². The van der Waals surface area contributed by atoms with E-state index < -0.39 is 0 Å². The van der Waals surface area contributed by atoms with Gasteiger partial charge in [0.1, 0.15) is 0 Å². The predicted molar refractivity (Wildman–Crippen MR) is 78.9 cm³/mol. The van der Waals surface area contributed by atoms with Gasteiger partial charge >= 0.3 is 0 Å². The van der Waals surface area contributed by atoms with E-state index >= 15 is 0 Å². The van der Waals surface area contributed by atoms with Gasteiger partial charge in [-0.3, -0.25) is 0 Å². The van der Waals surface area contributed by atoms with E-state index in [9.17, 15) is 0 Å². The maximum absolute atomic E-state index is 6.51. The van der Waals surface area contributed by atoms with Crippen molar-refractivity contribution in [3.05, 3.63) is 33.9 Å². The second-order valence-corrected chi connectivity index (χ2v) is 6.17. The van der Waals surface area contributed by atoms with Crippen LogP contribution in [0.4, 0.5) is 0 Å². The van der Waals surface area contributed by atoms with Crippen LogP contribution in [0.25, 0.3) is 0 Å². The van der Waals surface area contributed by atoms with Crippen molar-refractivity contribution in [2.45, 2.75) is 65.8 Å². The molecule has 0 saturated heterocycles. The molecule has 0 amide bonds. The first-order valence-electron chi connectivity index (χ1n) is 7.33. The highest BCUT2D eigenvalue weighted by Crippen LogP contribution is 2.35. The largest absolute Gasteiger partial charge is 0.324 e. The van der Waals surface area contributed by atoms with E-state index in [0.29, 0.717) is 0 Å². The summed E-state index contributed by atoms with van der Waals surface area (Å²) in [5.41, 5.74) is 13.5. The predicted octanol–water partition coefficient (Wildman–Crippen LogP) is 4.50. The molecule has 0 spiro atoms. The summed E-state index contributed by atoms with van der Waals surface area (Å²) in [7, 11) is 0. The standard InChI is InChI=1S/C17H27N/c1-11-9-12(2)14(4)17(13(11)3)16(18)10-15-7-5-6-8-15/h9,15-16H,5-8,10,18H2,1-4H3. The van der Waals surface area contributed by atoms with Gasteiger partial charge in [0.15, 0.2) is 0 Å². The van der Waals surface area contributed by atoms with Crippen molar-refractivity contribution in [3.63, 3.8) is 0 Å². The van der Waals surface area contributed by atoms with E-state index in [1.54, 1.807) is 0 Å². The van der Waals surface area contributed by atoms with Gasteiger partial charge < -0.3 is 5.73 Å². The molecule has 100 valence electrons. The maximum Gasteiger partial charge on any atom is 0.0302 e. The summed E-state index contributed by atoms with van der Waals surface area (Å²) in [5, 5.41) is 0. The summed E-state index contributed by atoms with van der Waals surface area (Å²) < 4.78 is 0. The Labute approximate surface area is 112 Å². The Morgan fingerprint density at radius 2 is 1.56 bits per heavy atom. The topological polar surface area (TPSA) is 26.0 Å². The second kappa shape index (κ2) is 5.44. The molecule has 18 heavy (non-hydrogen) atoms. The summed E-state index contributed by atoms with van der Waals surface area (Å²) in [6, 6.07) is 2.52. The van der Waals surface area contributed by atoms with Crippen LogP contribution in [0.5, 0.6) is 0 Å². The van der Waals surface area contributed by atoms with E-state index in [1.807, 2.05) is 0 Å². The number of hydrogen-bond donors (Lipinski definition) is 1. The van der Waals surface area contributed by atoms with Gasteiger partial charge in [-0.15, -0.1) is 0 Å². The van der Waals surface area contributed by atoms with E-state index in [1.165, 1.54) is 59.9 Å². The molecule has 0 heterocycles.